The molecule has 0 bridgehead atoms. The Morgan fingerprint density at radius 1 is 1.30 bits per heavy atom. The van der Waals surface area contributed by atoms with Crippen molar-refractivity contribution in [1.82, 2.24) is 9.80 Å². The van der Waals surface area contributed by atoms with Gasteiger partial charge >= 0.3 is 12.0 Å². The number of aliphatic carboxylic acids is 1. The van der Waals surface area contributed by atoms with Gasteiger partial charge in [-0.15, -0.1) is 0 Å². The SMILES string of the molecule is CCCN(CC)C(=O)N(CC(=O)O)C1CCS(=O)(=O)C1. The van der Waals surface area contributed by atoms with Crippen LogP contribution in [0.25, 0.3) is 0 Å². The molecule has 0 aromatic heterocycles. The molecule has 2 amide bonds. The number of hydrogen-bond donors (Lipinski definition) is 1. The zero-order valence-corrected chi connectivity index (χ0v) is 12.7. The predicted molar refractivity (Wildman–Crippen MR) is 74.3 cm³/mol. The third kappa shape index (κ3) is 4.36. The van der Waals surface area contributed by atoms with Gasteiger partial charge in [0.25, 0.3) is 0 Å². The second-order valence-electron chi connectivity index (χ2n) is 4.94. The molecular formula is C12H22N2O5S. The Balaban J connectivity index is 2.88. The van der Waals surface area contributed by atoms with Crippen LogP contribution < -0.4 is 0 Å². The van der Waals surface area contributed by atoms with Crippen molar-refractivity contribution in [3.05, 3.63) is 0 Å². The first-order valence-corrected chi connectivity index (χ1v) is 8.60. The number of urea groups is 1. The average molecular weight is 306 g/mol. The number of nitrogens with zero attached hydrogens (tertiary/aromatic N) is 2. The van der Waals surface area contributed by atoms with Gasteiger partial charge in [-0.1, -0.05) is 6.92 Å². The first-order chi connectivity index (χ1) is 9.30. The second kappa shape index (κ2) is 6.92. The molecule has 1 rings (SSSR count). The number of rotatable bonds is 6. The largest absolute Gasteiger partial charge is 0.480 e. The van der Waals surface area contributed by atoms with Crippen LogP contribution in [-0.4, -0.2) is 72.5 Å². The van der Waals surface area contributed by atoms with E-state index in [0.717, 1.165) is 6.42 Å². The van der Waals surface area contributed by atoms with Crippen molar-refractivity contribution in [1.29, 1.82) is 0 Å². The molecule has 1 N–H and O–H groups in total. The molecular weight excluding hydrogens is 284 g/mol. The van der Waals surface area contributed by atoms with Crippen LogP contribution in [0.1, 0.15) is 26.7 Å². The summed E-state index contributed by atoms with van der Waals surface area (Å²) in [6.07, 6.45) is 1.08. The molecule has 0 spiro atoms. The zero-order chi connectivity index (χ0) is 15.3. The minimum Gasteiger partial charge on any atom is -0.480 e. The molecule has 0 aromatic carbocycles. The Bertz CT molecular complexity index is 462. The van der Waals surface area contributed by atoms with Crippen molar-refractivity contribution in [3.63, 3.8) is 0 Å². The van der Waals surface area contributed by atoms with Gasteiger partial charge in [0, 0.05) is 19.1 Å². The second-order valence-corrected chi connectivity index (χ2v) is 7.17. The van der Waals surface area contributed by atoms with Crippen LogP contribution in [0.15, 0.2) is 0 Å². The third-order valence-corrected chi connectivity index (χ3v) is 5.10. The summed E-state index contributed by atoms with van der Waals surface area (Å²) in [6.45, 7) is 4.29. The van der Waals surface area contributed by atoms with Crippen LogP contribution >= 0.6 is 0 Å². The lowest BCUT2D eigenvalue weighted by Gasteiger charge is -2.32. The van der Waals surface area contributed by atoms with Gasteiger partial charge in [-0.25, -0.2) is 13.2 Å². The fourth-order valence-electron chi connectivity index (χ4n) is 2.36. The third-order valence-electron chi connectivity index (χ3n) is 3.35. The summed E-state index contributed by atoms with van der Waals surface area (Å²) in [5.41, 5.74) is 0. The minimum atomic E-state index is -3.16. The molecule has 1 saturated heterocycles. The Hall–Kier alpha value is -1.31. The van der Waals surface area contributed by atoms with Gasteiger partial charge in [-0.3, -0.25) is 4.79 Å². The van der Waals surface area contributed by atoms with Gasteiger partial charge < -0.3 is 14.9 Å². The van der Waals surface area contributed by atoms with E-state index in [-0.39, 0.29) is 17.5 Å². The molecule has 0 aliphatic carbocycles. The van der Waals surface area contributed by atoms with Crippen molar-refractivity contribution >= 4 is 21.8 Å². The molecule has 0 saturated carbocycles. The highest BCUT2D eigenvalue weighted by atomic mass is 32.2. The maximum absolute atomic E-state index is 12.4. The number of carboxylic acids is 1. The van der Waals surface area contributed by atoms with Crippen molar-refractivity contribution < 1.29 is 23.1 Å². The lowest BCUT2D eigenvalue weighted by Crippen LogP contribution is -2.50. The quantitative estimate of drug-likeness (QED) is 0.767. The molecule has 1 unspecified atom stereocenters. The molecule has 1 heterocycles. The van der Waals surface area contributed by atoms with Crippen molar-refractivity contribution in [2.45, 2.75) is 32.7 Å². The molecule has 1 aliphatic heterocycles. The van der Waals surface area contributed by atoms with Crippen LogP contribution in [-0.2, 0) is 14.6 Å². The Kier molecular flexibility index (Phi) is 5.79. The topological polar surface area (TPSA) is 95.0 Å². The van der Waals surface area contributed by atoms with Crippen LogP contribution in [0.2, 0.25) is 0 Å². The summed E-state index contributed by atoms with van der Waals surface area (Å²) in [6, 6.07) is -0.923. The summed E-state index contributed by atoms with van der Waals surface area (Å²) in [7, 11) is -3.16. The molecule has 0 aromatic rings. The Labute approximate surface area is 119 Å². The van der Waals surface area contributed by atoms with Gasteiger partial charge in [0.1, 0.15) is 6.54 Å². The highest BCUT2D eigenvalue weighted by Crippen LogP contribution is 2.19. The fraction of sp³-hybridized carbons (Fsp3) is 0.833. The highest BCUT2D eigenvalue weighted by molar-refractivity contribution is 7.91. The van der Waals surface area contributed by atoms with E-state index in [4.69, 9.17) is 5.11 Å². The highest BCUT2D eigenvalue weighted by Gasteiger charge is 2.36. The van der Waals surface area contributed by atoms with Gasteiger partial charge in [0.2, 0.25) is 0 Å². The summed E-state index contributed by atoms with van der Waals surface area (Å²) in [5, 5.41) is 8.95. The van der Waals surface area contributed by atoms with Crippen molar-refractivity contribution in [3.8, 4) is 0 Å². The van der Waals surface area contributed by atoms with Crippen LogP contribution in [0.3, 0.4) is 0 Å². The van der Waals surface area contributed by atoms with E-state index in [9.17, 15) is 18.0 Å². The number of carboxylic acid groups (broad SMARTS) is 1. The standard InChI is InChI=1S/C12H22N2O5S/c1-3-6-13(4-2)12(17)14(8-11(15)16)10-5-7-20(18,19)9-10/h10H,3-9H2,1-2H3,(H,15,16). The maximum atomic E-state index is 12.4. The summed E-state index contributed by atoms with van der Waals surface area (Å²) in [4.78, 5) is 26.1. The van der Waals surface area contributed by atoms with Crippen LogP contribution in [0, 0.1) is 0 Å². The smallest absolute Gasteiger partial charge is 0.323 e. The molecule has 7 nitrogen and oxygen atoms in total. The van der Waals surface area contributed by atoms with Gasteiger partial charge in [-0.2, -0.15) is 0 Å². The van der Waals surface area contributed by atoms with E-state index < -0.39 is 28.4 Å². The molecule has 116 valence electrons. The zero-order valence-electron chi connectivity index (χ0n) is 11.9. The van der Waals surface area contributed by atoms with Crippen LogP contribution in [0.4, 0.5) is 4.79 Å². The lowest BCUT2D eigenvalue weighted by molar-refractivity contribution is -0.138. The fourth-order valence-corrected chi connectivity index (χ4v) is 4.09. The molecule has 8 heteroatoms. The Morgan fingerprint density at radius 2 is 1.95 bits per heavy atom. The van der Waals surface area contributed by atoms with Gasteiger partial charge in [-0.05, 0) is 19.8 Å². The van der Waals surface area contributed by atoms with Crippen molar-refractivity contribution in [2.75, 3.05) is 31.1 Å². The number of amides is 2. The average Bonchev–Trinajstić information content (AvgIpc) is 2.72. The number of carbonyl (C=O) groups excluding carboxylic acids is 1. The molecule has 20 heavy (non-hydrogen) atoms. The summed E-state index contributed by atoms with van der Waals surface area (Å²) in [5.74, 6) is -1.26. The minimum absolute atomic E-state index is 0.0148. The van der Waals surface area contributed by atoms with E-state index in [1.54, 1.807) is 4.90 Å². The normalized spacial score (nSPS) is 20.6. The first kappa shape index (κ1) is 16.7. The van der Waals surface area contributed by atoms with E-state index in [1.165, 1.54) is 4.90 Å². The predicted octanol–water partition coefficient (Wildman–Crippen LogP) is 0.412. The molecule has 1 aliphatic rings. The molecule has 0 radical (unpaired) electrons. The number of carbonyl (C=O) groups is 2. The monoisotopic (exact) mass is 306 g/mol. The summed E-state index contributed by atoms with van der Waals surface area (Å²) >= 11 is 0. The number of sulfone groups is 1. The molecule has 1 fully saturated rings. The lowest BCUT2D eigenvalue weighted by atomic mass is 10.2. The van der Waals surface area contributed by atoms with E-state index in [1.807, 2.05) is 13.8 Å². The molecule has 1 atom stereocenters. The first-order valence-electron chi connectivity index (χ1n) is 6.78. The van der Waals surface area contributed by atoms with Crippen LogP contribution in [0.5, 0.6) is 0 Å². The number of hydrogen-bond acceptors (Lipinski definition) is 4. The van der Waals surface area contributed by atoms with E-state index >= 15 is 0 Å². The van der Waals surface area contributed by atoms with E-state index in [2.05, 4.69) is 0 Å². The van der Waals surface area contributed by atoms with Crippen molar-refractivity contribution in [2.24, 2.45) is 0 Å². The summed E-state index contributed by atoms with van der Waals surface area (Å²) < 4.78 is 23.0. The van der Waals surface area contributed by atoms with E-state index in [0.29, 0.717) is 19.5 Å². The Morgan fingerprint density at radius 3 is 2.35 bits per heavy atom. The maximum Gasteiger partial charge on any atom is 0.323 e. The van der Waals surface area contributed by atoms with Gasteiger partial charge in [0.15, 0.2) is 9.84 Å². The van der Waals surface area contributed by atoms with Gasteiger partial charge in [0.05, 0.1) is 11.5 Å².